The Morgan fingerprint density at radius 1 is 1.30 bits per heavy atom. The molecule has 2 rings (SSSR count). The lowest BCUT2D eigenvalue weighted by molar-refractivity contribution is -0.123. The Labute approximate surface area is 151 Å². The number of rotatable bonds is 6. The van der Waals surface area contributed by atoms with Crippen LogP contribution in [0.5, 0.6) is 0 Å². The van der Waals surface area contributed by atoms with Gasteiger partial charge in [-0.25, -0.2) is 4.98 Å². The molecule has 124 valence electrons. The van der Waals surface area contributed by atoms with Crippen LogP contribution in [0.15, 0.2) is 23.6 Å². The Morgan fingerprint density at radius 2 is 2.04 bits per heavy atom. The lowest BCUT2D eigenvalue weighted by atomic mass is 9.87. The van der Waals surface area contributed by atoms with Crippen LogP contribution in [0.2, 0.25) is 10.0 Å². The Balaban J connectivity index is 2.02. The Hall–Kier alpha value is -1.10. The summed E-state index contributed by atoms with van der Waals surface area (Å²) < 4.78 is 0. The van der Waals surface area contributed by atoms with Crippen molar-refractivity contribution < 1.29 is 4.79 Å². The highest BCUT2D eigenvalue weighted by molar-refractivity contribution is 7.09. The number of amides is 1. The molecule has 1 aromatic carbocycles. The molecule has 0 aliphatic rings. The molecule has 23 heavy (non-hydrogen) atoms. The smallest absolute Gasteiger partial charge is 0.227 e. The second-order valence-electron chi connectivity index (χ2n) is 5.79. The molecular weight excluding hydrogens is 351 g/mol. The quantitative estimate of drug-likeness (QED) is 0.788. The van der Waals surface area contributed by atoms with Gasteiger partial charge in [-0.05, 0) is 30.5 Å². The van der Waals surface area contributed by atoms with Gasteiger partial charge in [-0.15, -0.1) is 11.3 Å². The molecule has 1 amide bonds. The zero-order chi connectivity index (χ0) is 17.0. The molecule has 0 aliphatic heterocycles. The highest BCUT2D eigenvalue weighted by Crippen LogP contribution is 2.30. The minimum atomic E-state index is -0.248. The molecule has 0 spiro atoms. The van der Waals surface area contributed by atoms with Gasteiger partial charge < -0.3 is 5.32 Å². The SMILES string of the molecule is Cc1nc(CCNC(=O)C(c2ccc(Cl)c(Cl)c2)C(C)C)cs1. The Bertz CT molecular complexity index is 685. The van der Waals surface area contributed by atoms with Gasteiger partial charge in [0.15, 0.2) is 0 Å². The van der Waals surface area contributed by atoms with E-state index in [0.717, 1.165) is 22.7 Å². The van der Waals surface area contributed by atoms with Gasteiger partial charge >= 0.3 is 0 Å². The number of hydrogen-bond acceptors (Lipinski definition) is 3. The third-order valence-electron chi connectivity index (χ3n) is 3.60. The summed E-state index contributed by atoms with van der Waals surface area (Å²) in [5.74, 6) is -0.0824. The largest absolute Gasteiger partial charge is 0.355 e. The lowest BCUT2D eigenvalue weighted by Crippen LogP contribution is -2.33. The van der Waals surface area contributed by atoms with Crippen LogP contribution in [0.1, 0.15) is 36.0 Å². The van der Waals surface area contributed by atoms with Gasteiger partial charge in [0.1, 0.15) is 0 Å². The second kappa shape index (κ2) is 8.13. The molecule has 2 aromatic rings. The first kappa shape index (κ1) is 18.2. The van der Waals surface area contributed by atoms with Crippen LogP contribution in [0.3, 0.4) is 0 Å². The Kier molecular flexibility index (Phi) is 6.45. The van der Waals surface area contributed by atoms with Gasteiger partial charge in [-0.1, -0.05) is 43.1 Å². The molecule has 0 saturated carbocycles. The number of nitrogens with one attached hydrogen (secondary N) is 1. The fourth-order valence-corrected chi connectivity index (χ4v) is 3.45. The van der Waals surface area contributed by atoms with E-state index in [1.807, 2.05) is 32.2 Å². The summed E-state index contributed by atoms with van der Waals surface area (Å²) in [4.78, 5) is 17.0. The number of nitrogens with zero attached hydrogens (tertiary/aromatic N) is 1. The summed E-state index contributed by atoms with van der Waals surface area (Å²) in [5.41, 5.74) is 1.90. The molecule has 0 aliphatic carbocycles. The van der Waals surface area contributed by atoms with E-state index in [1.165, 1.54) is 0 Å². The van der Waals surface area contributed by atoms with E-state index in [0.29, 0.717) is 16.6 Å². The van der Waals surface area contributed by atoms with Crippen molar-refractivity contribution in [3.05, 3.63) is 49.9 Å². The molecule has 1 atom stereocenters. The summed E-state index contributed by atoms with van der Waals surface area (Å²) in [6.45, 7) is 6.60. The molecule has 0 saturated heterocycles. The number of benzene rings is 1. The molecule has 1 N–H and O–H groups in total. The van der Waals surface area contributed by atoms with E-state index < -0.39 is 0 Å². The van der Waals surface area contributed by atoms with Gasteiger partial charge in [-0.2, -0.15) is 0 Å². The van der Waals surface area contributed by atoms with Crippen LogP contribution in [-0.4, -0.2) is 17.4 Å². The number of carbonyl (C=O) groups is 1. The summed E-state index contributed by atoms with van der Waals surface area (Å²) >= 11 is 13.7. The molecule has 0 fully saturated rings. The third kappa shape index (κ3) is 4.93. The summed E-state index contributed by atoms with van der Waals surface area (Å²) in [6, 6.07) is 5.38. The lowest BCUT2D eigenvalue weighted by Gasteiger charge is -2.21. The zero-order valence-corrected chi connectivity index (χ0v) is 15.7. The molecule has 1 heterocycles. The fraction of sp³-hybridized carbons (Fsp3) is 0.412. The standard InChI is InChI=1S/C17H20Cl2N2OS/c1-10(2)16(12-4-5-14(18)15(19)8-12)17(22)20-7-6-13-9-23-11(3)21-13/h4-5,8-10,16H,6-7H2,1-3H3,(H,20,22). The average Bonchev–Trinajstić information content (AvgIpc) is 2.88. The van der Waals surface area contributed by atoms with Gasteiger partial charge in [-0.3, -0.25) is 4.79 Å². The maximum absolute atomic E-state index is 12.6. The third-order valence-corrected chi connectivity index (χ3v) is 5.16. The van der Waals surface area contributed by atoms with Crippen molar-refractivity contribution in [2.24, 2.45) is 5.92 Å². The first-order chi connectivity index (χ1) is 10.9. The number of halogens is 2. The van der Waals surface area contributed by atoms with Crippen molar-refractivity contribution in [2.75, 3.05) is 6.54 Å². The fourth-order valence-electron chi connectivity index (χ4n) is 2.49. The van der Waals surface area contributed by atoms with Crippen LogP contribution in [-0.2, 0) is 11.2 Å². The molecule has 6 heteroatoms. The predicted octanol–water partition coefficient (Wildman–Crippen LogP) is 4.86. The molecule has 0 radical (unpaired) electrons. The minimum Gasteiger partial charge on any atom is -0.355 e. The first-order valence-corrected chi connectivity index (χ1v) is 9.15. The zero-order valence-electron chi connectivity index (χ0n) is 13.4. The van der Waals surface area contributed by atoms with Crippen LogP contribution in [0.25, 0.3) is 0 Å². The van der Waals surface area contributed by atoms with Crippen molar-refractivity contribution >= 4 is 40.4 Å². The molecule has 1 aromatic heterocycles. The van der Waals surface area contributed by atoms with Crippen molar-refractivity contribution in [3.63, 3.8) is 0 Å². The van der Waals surface area contributed by atoms with E-state index in [2.05, 4.69) is 10.3 Å². The maximum atomic E-state index is 12.6. The topological polar surface area (TPSA) is 42.0 Å². The van der Waals surface area contributed by atoms with Gasteiger partial charge in [0, 0.05) is 18.3 Å². The van der Waals surface area contributed by atoms with Crippen molar-refractivity contribution in [3.8, 4) is 0 Å². The summed E-state index contributed by atoms with van der Waals surface area (Å²) in [7, 11) is 0. The van der Waals surface area contributed by atoms with E-state index in [1.54, 1.807) is 23.5 Å². The monoisotopic (exact) mass is 370 g/mol. The Morgan fingerprint density at radius 3 is 2.61 bits per heavy atom. The number of thiazole rings is 1. The summed E-state index contributed by atoms with van der Waals surface area (Å²) in [5, 5.41) is 7.05. The molecular formula is C17H20Cl2N2OS. The highest BCUT2D eigenvalue weighted by atomic mass is 35.5. The number of aromatic nitrogens is 1. The summed E-state index contributed by atoms with van der Waals surface area (Å²) in [6.07, 6.45) is 0.738. The normalized spacial score (nSPS) is 12.4. The van der Waals surface area contributed by atoms with Gasteiger partial charge in [0.25, 0.3) is 0 Å². The van der Waals surface area contributed by atoms with Crippen molar-refractivity contribution in [1.82, 2.24) is 10.3 Å². The number of hydrogen-bond donors (Lipinski definition) is 1. The average molecular weight is 371 g/mol. The number of aryl methyl sites for hydroxylation is 1. The van der Waals surface area contributed by atoms with Crippen LogP contribution in [0, 0.1) is 12.8 Å². The molecule has 3 nitrogen and oxygen atoms in total. The van der Waals surface area contributed by atoms with Crippen LogP contribution in [0.4, 0.5) is 0 Å². The van der Waals surface area contributed by atoms with Crippen LogP contribution < -0.4 is 5.32 Å². The highest BCUT2D eigenvalue weighted by Gasteiger charge is 2.24. The predicted molar refractivity (Wildman–Crippen MR) is 97.6 cm³/mol. The van der Waals surface area contributed by atoms with Gasteiger partial charge in [0.05, 0.1) is 26.7 Å². The first-order valence-electron chi connectivity index (χ1n) is 7.52. The molecule has 0 bridgehead atoms. The molecule has 1 unspecified atom stereocenters. The van der Waals surface area contributed by atoms with Crippen molar-refractivity contribution in [2.45, 2.75) is 33.1 Å². The number of carbonyl (C=O) groups excluding carboxylic acids is 1. The van der Waals surface area contributed by atoms with E-state index in [9.17, 15) is 4.79 Å². The van der Waals surface area contributed by atoms with E-state index >= 15 is 0 Å². The van der Waals surface area contributed by atoms with Gasteiger partial charge in [0.2, 0.25) is 5.91 Å². The van der Waals surface area contributed by atoms with E-state index in [4.69, 9.17) is 23.2 Å². The minimum absolute atomic E-state index is 0.00495. The van der Waals surface area contributed by atoms with E-state index in [-0.39, 0.29) is 17.7 Å². The maximum Gasteiger partial charge on any atom is 0.227 e. The van der Waals surface area contributed by atoms with Crippen LogP contribution >= 0.6 is 34.5 Å². The second-order valence-corrected chi connectivity index (χ2v) is 7.67. The van der Waals surface area contributed by atoms with Crippen molar-refractivity contribution in [1.29, 1.82) is 0 Å².